The van der Waals surface area contributed by atoms with Gasteiger partial charge in [-0.25, -0.2) is 0 Å². The maximum Gasteiger partial charge on any atom is 0.309 e. The van der Waals surface area contributed by atoms with Crippen molar-refractivity contribution in [2.45, 2.75) is 19.3 Å². The Morgan fingerprint density at radius 1 is 1.41 bits per heavy atom. The van der Waals surface area contributed by atoms with Crippen LogP contribution >= 0.6 is 0 Å². The molecular formula is C14H19NO2. The summed E-state index contributed by atoms with van der Waals surface area (Å²) in [4.78, 5) is 12.9. The highest BCUT2D eigenvalue weighted by atomic mass is 16.4. The molecule has 0 aliphatic carbocycles. The molecule has 0 radical (unpaired) electrons. The quantitative estimate of drug-likeness (QED) is 0.847. The van der Waals surface area contributed by atoms with Crippen LogP contribution in [0.4, 0.5) is 0 Å². The van der Waals surface area contributed by atoms with E-state index < -0.39 is 5.97 Å². The number of rotatable bonds is 5. The molecule has 1 aromatic rings. The minimum Gasteiger partial charge on any atom is -0.481 e. The monoisotopic (exact) mass is 233 g/mol. The minimum absolute atomic E-state index is 0.137. The van der Waals surface area contributed by atoms with E-state index >= 15 is 0 Å². The second-order valence-corrected chi connectivity index (χ2v) is 4.90. The Morgan fingerprint density at radius 3 is 2.65 bits per heavy atom. The van der Waals surface area contributed by atoms with Crippen LogP contribution in [0.2, 0.25) is 0 Å². The highest BCUT2D eigenvalue weighted by molar-refractivity contribution is 5.71. The third kappa shape index (κ3) is 3.07. The Labute approximate surface area is 102 Å². The average molecular weight is 233 g/mol. The van der Waals surface area contributed by atoms with Crippen LogP contribution in [0.3, 0.4) is 0 Å². The number of benzene rings is 1. The molecule has 0 aromatic heterocycles. The Hall–Kier alpha value is -1.35. The van der Waals surface area contributed by atoms with Crippen LogP contribution in [0, 0.1) is 5.92 Å². The third-order valence-electron chi connectivity index (χ3n) is 3.55. The van der Waals surface area contributed by atoms with Gasteiger partial charge in [0.15, 0.2) is 0 Å². The van der Waals surface area contributed by atoms with Crippen molar-refractivity contribution in [3.63, 3.8) is 0 Å². The van der Waals surface area contributed by atoms with Gasteiger partial charge in [0.1, 0.15) is 0 Å². The van der Waals surface area contributed by atoms with Gasteiger partial charge in [-0.1, -0.05) is 37.3 Å². The van der Waals surface area contributed by atoms with E-state index in [-0.39, 0.29) is 5.92 Å². The van der Waals surface area contributed by atoms with Gasteiger partial charge >= 0.3 is 5.97 Å². The molecule has 3 heteroatoms. The first kappa shape index (κ1) is 12.1. The summed E-state index contributed by atoms with van der Waals surface area (Å²) in [6.45, 7) is 4.66. The molecule has 92 valence electrons. The van der Waals surface area contributed by atoms with E-state index in [0.717, 1.165) is 26.1 Å². The molecule has 0 spiro atoms. The van der Waals surface area contributed by atoms with Gasteiger partial charge in [-0.15, -0.1) is 0 Å². The smallest absolute Gasteiger partial charge is 0.309 e. The zero-order valence-electron chi connectivity index (χ0n) is 10.2. The number of likely N-dealkylation sites (tertiary alicyclic amines) is 1. The first-order valence-electron chi connectivity index (χ1n) is 6.17. The van der Waals surface area contributed by atoms with E-state index in [1.165, 1.54) is 5.56 Å². The Morgan fingerprint density at radius 2 is 2.06 bits per heavy atom. The predicted octanol–water partition coefficient (Wildman–Crippen LogP) is 2.20. The maximum atomic E-state index is 10.7. The molecule has 1 unspecified atom stereocenters. The molecule has 1 N–H and O–H groups in total. The fraction of sp³-hybridized carbons (Fsp3) is 0.500. The molecule has 0 amide bonds. The van der Waals surface area contributed by atoms with E-state index in [0.29, 0.717) is 5.92 Å². The largest absolute Gasteiger partial charge is 0.481 e. The van der Waals surface area contributed by atoms with E-state index in [1.54, 1.807) is 0 Å². The number of hydrogen-bond donors (Lipinski definition) is 1. The molecule has 0 bridgehead atoms. The van der Waals surface area contributed by atoms with Crippen molar-refractivity contribution < 1.29 is 9.90 Å². The maximum absolute atomic E-state index is 10.7. The zero-order valence-corrected chi connectivity index (χ0v) is 10.2. The summed E-state index contributed by atoms with van der Waals surface area (Å²) in [5.74, 6) is -0.250. The lowest BCUT2D eigenvalue weighted by molar-refractivity contribution is -0.147. The van der Waals surface area contributed by atoms with Gasteiger partial charge in [-0.05, 0) is 24.4 Å². The summed E-state index contributed by atoms with van der Waals surface area (Å²) in [6, 6.07) is 10.5. The van der Waals surface area contributed by atoms with Crippen LogP contribution in [0.25, 0.3) is 0 Å². The van der Waals surface area contributed by atoms with Gasteiger partial charge in [0.05, 0.1) is 5.92 Å². The van der Waals surface area contributed by atoms with Gasteiger partial charge in [0.2, 0.25) is 0 Å². The van der Waals surface area contributed by atoms with E-state index in [4.69, 9.17) is 5.11 Å². The van der Waals surface area contributed by atoms with Gasteiger partial charge < -0.3 is 10.0 Å². The first-order chi connectivity index (χ1) is 8.16. The van der Waals surface area contributed by atoms with Gasteiger partial charge in [-0.2, -0.15) is 0 Å². The summed E-state index contributed by atoms with van der Waals surface area (Å²) in [6.07, 6.45) is 1.09. The van der Waals surface area contributed by atoms with Crippen LogP contribution in [0.1, 0.15) is 24.8 Å². The Balaban J connectivity index is 1.72. The van der Waals surface area contributed by atoms with Crippen LogP contribution in [0.5, 0.6) is 0 Å². The molecule has 1 aliphatic rings. The molecule has 1 heterocycles. The topological polar surface area (TPSA) is 40.5 Å². The lowest BCUT2D eigenvalue weighted by Gasteiger charge is -2.37. The van der Waals surface area contributed by atoms with Crippen molar-refractivity contribution in [2.24, 2.45) is 5.92 Å². The molecule has 1 atom stereocenters. The molecular weight excluding hydrogens is 214 g/mol. The van der Waals surface area contributed by atoms with E-state index in [2.05, 4.69) is 36.1 Å². The first-order valence-corrected chi connectivity index (χ1v) is 6.17. The molecule has 17 heavy (non-hydrogen) atoms. The fourth-order valence-corrected chi connectivity index (χ4v) is 2.23. The highest BCUT2D eigenvalue weighted by Gasteiger charge is 2.31. The molecule has 1 saturated heterocycles. The van der Waals surface area contributed by atoms with Crippen molar-refractivity contribution in [2.75, 3.05) is 19.6 Å². The molecule has 1 aliphatic heterocycles. The molecule has 1 aromatic carbocycles. The van der Waals surface area contributed by atoms with Gasteiger partial charge in [0, 0.05) is 13.1 Å². The number of aliphatic carboxylic acids is 1. The lowest BCUT2D eigenvalue weighted by atomic mass is 9.95. The van der Waals surface area contributed by atoms with E-state index in [1.807, 2.05) is 6.07 Å². The summed E-state index contributed by atoms with van der Waals surface area (Å²) >= 11 is 0. The number of nitrogens with zero attached hydrogens (tertiary/aromatic N) is 1. The Bertz CT molecular complexity index is 371. The second kappa shape index (κ2) is 5.32. The number of carboxylic acids is 1. The van der Waals surface area contributed by atoms with Crippen molar-refractivity contribution in [3.05, 3.63) is 35.9 Å². The SMILES string of the molecule is CC(CCN1CC(C(=O)O)C1)c1ccccc1. The number of hydrogen-bond acceptors (Lipinski definition) is 2. The normalized spacial score (nSPS) is 18.6. The zero-order chi connectivity index (χ0) is 12.3. The standard InChI is InChI=1S/C14H19NO2/c1-11(12-5-3-2-4-6-12)7-8-15-9-13(10-15)14(16)17/h2-6,11,13H,7-10H2,1H3,(H,16,17). The van der Waals surface area contributed by atoms with Crippen LogP contribution in [0.15, 0.2) is 30.3 Å². The summed E-state index contributed by atoms with van der Waals surface area (Å²) < 4.78 is 0. The predicted molar refractivity (Wildman–Crippen MR) is 67.0 cm³/mol. The van der Waals surface area contributed by atoms with Crippen molar-refractivity contribution in [1.82, 2.24) is 4.90 Å². The number of carbonyl (C=O) groups is 1. The van der Waals surface area contributed by atoms with Crippen LogP contribution in [-0.4, -0.2) is 35.6 Å². The summed E-state index contributed by atoms with van der Waals surface area (Å²) in [5.41, 5.74) is 1.36. The van der Waals surface area contributed by atoms with Gasteiger partial charge in [0.25, 0.3) is 0 Å². The molecule has 0 saturated carbocycles. The lowest BCUT2D eigenvalue weighted by Crippen LogP contribution is -2.50. The Kier molecular flexibility index (Phi) is 3.79. The second-order valence-electron chi connectivity index (χ2n) is 4.90. The highest BCUT2D eigenvalue weighted by Crippen LogP contribution is 2.22. The summed E-state index contributed by atoms with van der Waals surface area (Å²) in [7, 11) is 0. The molecule has 3 nitrogen and oxygen atoms in total. The average Bonchev–Trinajstić information content (AvgIpc) is 2.27. The van der Waals surface area contributed by atoms with Crippen LogP contribution in [-0.2, 0) is 4.79 Å². The molecule has 1 fully saturated rings. The third-order valence-corrected chi connectivity index (χ3v) is 3.55. The van der Waals surface area contributed by atoms with Crippen molar-refractivity contribution >= 4 is 5.97 Å². The van der Waals surface area contributed by atoms with E-state index in [9.17, 15) is 4.79 Å². The number of carboxylic acid groups (broad SMARTS) is 1. The fourth-order valence-electron chi connectivity index (χ4n) is 2.23. The minimum atomic E-state index is -0.655. The van der Waals surface area contributed by atoms with Crippen molar-refractivity contribution in [1.29, 1.82) is 0 Å². The summed E-state index contributed by atoms with van der Waals surface area (Å²) in [5, 5.41) is 8.78. The van der Waals surface area contributed by atoms with Gasteiger partial charge in [-0.3, -0.25) is 4.79 Å². The molecule has 2 rings (SSSR count). The van der Waals surface area contributed by atoms with Crippen LogP contribution < -0.4 is 0 Å². The van der Waals surface area contributed by atoms with Crippen molar-refractivity contribution in [3.8, 4) is 0 Å².